The molecular weight excluding hydrogens is 389 g/mol. The second-order valence-corrected chi connectivity index (χ2v) is 7.92. The molecule has 1 fully saturated rings. The van der Waals surface area contributed by atoms with Crippen LogP contribution in [-0.4, -0.2) is 51.3 Å². The molecular formula is C16H19F3N2O5S. The monoisotopic (exact) mass is 408 g/mol. The maximum Gasteiger partial charge on any atom is 0.416 e. The largest absolute Gasteiger partial charge is 0.455 e. The number of esters is 1. The van der Waals surface area contributed by atoms with Gasteiger partial charge in [-0.1, -0.05) is 6.07 Å². The first-order valence-electron chi connectivity index (χ1n) is 8.10. The van der Waals surface area contributed by atoms with Gasteiger partial charge in [0, 0.05) is 20.1 Å². The van der Waals surface area contributed by atoms with Gasteiger partial charge in [-0.15, -0.1) is 0 Å². The molecule has 0 atom stereocenters. The minimum Gasteiger partial charge on any atom is -0.455 e. The Balaban J connectivity index is 2.02. The first kappa shape index (κ1) is 21.2. The third-order valence-corrected chi connectivity index (χ3v) is 6.11. The molecule has 1 saturated heterocycles. The molecule has 0 bridgehead atoms. The zero-order chi connectivity index (χ0) is 20.2. The van der Waals surface area contributed by atoms with Crippen LogP contribution in [0.15, 0.2) is 29.2 Å². The molecule has 2 rings (SSSR count). The summed E-state index contributed by atoms with van der Waals surface area (Å²) in [4.78, 5) is 22.5. The van der Waals surface area contributed by atoms with E-state index in [2.05, 4.69) is 5.32 Å². The van der Waals surface area contributed by atoms with Crippen LogP contribution in [0.5, 0.6) is 0 Å². The number of carbonyl (C=O) groups is 2. The minimum absolute atomic E-state index is 0.0294. The van der Waals surface area contributed by atoms with Gasteiger partial charge in [0.2, 0.25) is 10.0 Å². The number of halogens is 3. The molecule has 1 aromatic carbocycles. The van der Waals surface area contributed by atoms with Gasteiger partial charge in [0.15, 0.2) is 6.61 Å². The van der Waals surface area contributed by atoms with Gasteiger partial charge >= 0.3 is 12.1 Å². The normalized spacial score (nSPS) is 16.7. The van der Waals surface area contributed by atoms with Crippen LogP contribution >= 0.6 is 0 Å². The molecule has 11 heteroatoms. The number of benzene rings is 1. The molecule has 0 radical (unpaired) electrons. The van der Waals surface area contributed by atoms with Crippen molar-refractivity contribution in [1.82, 2.24) is 9.62 Å². The lowest BCUT2D eigenvalue weighted by Crippen LogP contribution is -2.41. The predicted molar refractivity (Wildman–Crippen MR) is 88.0 cm³/mol. The molecule has 7 nitrogen and oxygen atoms in total. The van der Waals surface area contributed by atoms with Gasteiger partial charge < -0.3 is 10.1 Å². The van der Waals surface area contributed by atoms with Gasteiger partial charge in [0.25, 0.3) is 5.91 Å². The first-order valence-corrected chi connectivity index (χ1v) is 9.54. The van der Waals surface area contributed by atoms with Crippen molar-refractivity contribution in [2.75, 3.05) is 26.7 Å². The summed E-state index contributed by atoms with van der Waals surface area (Å²) in [7, 11) is -2.71. The number of nitrogens with one attached hydrogen (secondary N) is 1. The number of nitrogens with zero attached hydrogens (tertiary/aromatic N) is 1. The number of amides is 1. The van der Waals surface area contributed by atoms with E-state index in [0.717, 1.165) is 22.5 Å². The Morgan fingerprint density at radius 3 is 2.44 bits per heavy atom. The van der Waals surface area contributed by atoms with Crippen LogP contribution in [0.3, 0.4) is 0 Å². The summed E-state index contributed by atoms with van der Waals surface area (Å²) < 4.78 is 69.5. The molecule has 1 amide bonds. The molecule has 0 aliphatic carbocycles. The minimum atomic E-state index is -4.65. The van der Waals surface area contributed by atoms with E-state index < -0.39 is 51.1 Å². The van der Waals surface area contributed by atoms with Crippen LogP contribution in [0.2, 0.25) is 0 Å². The summed E-state index contributed by atoms with van der Waals surface area (Å²) in [5.74, 6) is -1.63. The molecule has 1 aliphatic rings. The molecule has 0 saturated carbocycles. The molecule has 27 heavy (non-hydrogen) atoms. The van der Waals surface area contributed by atoms with Gasteiger partial charge in [-0.25, -0.2) is 8.42 Å². The fraction of sp³-hybridized carbons (Fsp3) is 0.500. The van der Waals surface area contributed by atoms with Gasteiger partial charge in [-0.2, -0.15) is 17.5 Å². The summed E-state index contributed by atoms with van der Waals surface area (Å²) in [6.45, 7) is -0.477. The van der Waals surface area contributed by atoms with Crippen LogP contribution in [0.25, 0.3) is 0 Å². The zero-order valence-electron chi connectivity index (χ0n) is 14.5. The van der Waals surface area contributed by atoms with Gasteiger partial charge in [-0.05, 0) is 31.0 Å². The van der Waals surface area contributed by atoms with Gasteiger partial charge in [-0.3, -0.25) is 9.59 Å². The smallest absolute Gasteiger partial charge is 0.416 e. The molecule has 1 heterocycles. The van der Waals surface area contributed by atoms with Crippen molar-refractivity contribution in [3.63, 3.8) is 0 Å². The Morgan fingerprint density at radius 2 is 1.89 bits per heavy atom. The molecule has 1 aliphatic heterocycles. The van der Waals surface area contributed by atoms with Crippen molar-refractivity contribution >= 4 is 21.9 Å². The average molecular weight is 408 g/mol. The van der Waals surface area contributed by atoms with Gasteiger partial charge in [0.1, 0.15) is 0 Å². The molecule has 1 aromatic rings. The highest BCUT2D eigenvalue weighted by molar-refractivity contribution is 7.89. The third kappa shape index (κ3) is 5.19. The van der Waals surface area contributed by atoms with Crippen LogP contribution in [0.1, 0.15) is 18.4 Å². The maximum absolute atomic E-state index is 12.8. The Bertz CT molecular complexity index is 803. The number of hydrogen-bond donors (Lipinski definition) is 1. The van der Waals surface area contributed by atoms with E-state index in [0.29, 0.717) is 6.07 Å². The fourth-order valence-corrected chi connectivity index (χ4v) is 4.16. The zero-order valence-corrected chi connectivity index (χ0v) is 15.3. The number of alkyl halides is 3. The maximum atomic E-state index is 12.8. The summed E-state index contributed by atoms with van der Waals surface area (Å²) in [6.07, 6.45) is -4.33. The lowest BCUT2D eigenvalue weighted by molar-refractivity contribution is -0.153. The second kappa shape index (κ2) is 8.26. The number of likely N-dealkylation sites (N-methyl/N-ethyl adjacent to an activating group) is 1. The Morgan fingerprint density at radius 1 is 1.26 bits per heavy atom. The lowest BCUT2D eigenvalue weighted by Gasteiger charge is -2.30. The Labute approximate surface area is 154 Å². The molecule has 0 unspecified atom stereocenters. The highest BCUT2D eigenvalue weighted by atomic mass is 32.2. The number of ether oxygens (including phenoxy) is 1. The number of carbonyl (C=O) groups excluding carboxylic acids is 2. The van der Waals surface area contributed by atoms with Crippen molar-refractivity contribution in [3.05, 3.63) is 29.8 Å². The van der Waals surface area contributed by atoms with Crippen molar-refractivity contribution in [3.8, 4) is 0 Å². The van der Waals surface area contributed by atoms with E-state index in [9.17, 15) is 31.2 Å². The summed E-state index contributed by atoms with van der Waals surface area (Å²) in [5, 5.41) is 2.30. The van der Waals surface area contributed by atoms with Crippen molar-refractivity contribution in [2.45, 2.75) is 23.9 Å². The number of piperidine rings is 1. The summed E-state index contributed by atoms with van der Waals surface area (Å²) >= 11 is 0. The molecule has 150 valence electrons. The number of rotatable bonds is 5. The fourth-order valence-electron chi connectivity index (χ4n) is 2.64. The van der Waals surface area contributed by atoms with E-state index in [1.807, 2.05) is 0 Å². The average Bonchev–Trinajstić information content (AvgIpc) is 2.65. The van der Waals surface area contributed by atoms with Crippen LogP contribution in [-0.2, 0) is 30.5 Å². The quantitative estimate of drug-likeness (QED) is 0.744. The lowest BCUT2D eigenvalue weighted by atomic mass is 9.98. The molecule has 1 N–H and O–H groups in total. The summed E-state index contributed by atoms with van der Waals surface area (Å²) in [6, 6.07) is 3.54. The Hall–Kier alpha value is -2.14. The van der Waals surface area contributed by atoms with Crippen LogP contribution in [0, 0.1) is 5.92 Å². The highest BCUT2D eigenvalue weighted by Crippen LogP contribution is 2.32. The van der Waals surface area contributed by atoms with E-state index in [1.54, 1.807) is 0 Å². The number of sulfonamides is 1. The highest BCUT2D eigenvalue weighted by Gasteiger charge is 2.35. The van der Waals surface area contributed by atoms with E-state index in [4.69, 9.17) is 4.74 Å². The standard InChI is InChI=1S/C16H19F3N2O5S/c1-20-14(22)10-26-15(23)11-5-7-21(8-6-11)27(24,25)13-4-2-3-12(9-13)16(17,18)19/h2-4,9,11H,5-8,10H2,1H3,(H,20,22). The predicted octanol–water partition coefficient (Wildman–Crippen LogP) is 1.40. The Kier molecular flexibility index (Phi) is 6.47. The van der Waals surface area contributed by atoms with Crippen LogP contribution < -0.4 is 5.32 Å². The third-order valence-electron chi connectivity index (χ3n) is 4.21. The van der Waals surface area contributed by atoms with E-state index in [1.165, 1.54) is 7.05 Å². The molecule has 0 aromatic heterocycles. The van der Waals surface area contributed by atoms with Crippen molar-refractivity contribution in [2.24, 2.45) is 5.92 Å². The summed E-state index contributed by atoms with van der Waals surface area (Å²) in [5.41, 5.74) is -1.05. The number of hydrogen-bond acceptors (Lipinski definition) is 5. The van der Waals surface area contributed by atoms with Crippen molar-refractivity contribution < 1.29 is 35.9 Å². The molecule has 0 spiro atoms. The van der Waals surface area contributed by atoms with Crippen molar-refractivity contribution in [1.29, 1.82) is 0 Å². The first-order chi connectivity index (χ1) is 12.6. The van der Waals surface area contributed by atoms with E-state index in [-0.39, 0.29) is 25.9 Å². The topological polar surface area (TPSA) is 92.8 Å². The van der Waals surface area contributed by atoms with E-state index >= 15 is 0 Å². The van der Waals surface area contributed by atoms with Gasteiger partial charge in [0.05, 0.1) is 16.4 Å². The SMILES string of the molecule is CNC(=O)COC(=O)C1CCN(S(=O)(=O)c2cccc(C(F)(F)F)c2)CC1. The second-order valence-electron chi connectivity index (χ2n) is 5.98. The van der Waals surface area contributed by atoms with Crippen LogP contribution in [0.4, 0.5) is 13.2 Å².